The summed E-state index contributed by atoms with van der Waals surface area (Å²) in [5.41, 5.74) is 0.179. The van der Waals surface area contributed by atoms with E-state index in [0.717, 1.165) is 0 Å². The summed E-state index contributed by atoms with van der Waals surface area (Å²) in [7, 11) is 0. The first-order valence-electron chi connectivity index (χ1n) is 7.61. The maximum absolute atomic E-state index is 10.5. The number of carboxylic acid groups (broad SMARTS) is 1. The van der Waals surface area contributed by atoms with Crippen LogP contribution < -0.4 is 4.74 Å². The minimum atomic E-state index is -0.934. The van der Waals surface area contributed by atoms with Gasteiger partial charge in [0.1, 0.15) is 11.3 Å². The minimum absolute atomic E-state index is 0.251. The molecule has 0 amide bonds. The van der Waals surface area contributed by atoms with E-state index in [0.29, 0.717) is 17.7 Å². The number of pyridine rings is 1. The molecule has 1 aromatic heterocycles. The number of rotatable bonds is 4. The molecule has 0 unspecified atom stereocenters. The van der Waals surface area contributed by atoms with Gasteiger partial charge in [0.15, 0.2) is 0 Å². The Hall–Kier alpha value is -3.68. The molecule has 0 radical (unpaired) electrons. The molecule has 0 fully saturated rings. The molecule has 0 aliphatic heterocycles. The first-order valence-corrected chi connectivity index (χ1v) is 7.61. The molecular formula is C18H16N2O6. The molecule has 2 N–H and O–H groups in total. The van der Waals surface area contributed by atoms with Gasteiger partial charge >= 0.3 is 11.7 Å². The Morgan fingerprint density at radius 1 is 1.23 bits per heavy atom. The van der Waals surface area contributed by atoms with Crippen LogP contribution in [0.25, 0.3) is 10.9 Å². The van der Waals surface area contributed by atoms with Gasteiger partial charge in [0, 0.05) is 17.6 Å². The average molecular weight is 356 g/mol. The average Bonchev–Trinajstić information content (AvgIpc) is 2.63. The number of fused-ring (bicyclic) bond motifs is 1. The van der Waals surface area contributed by atoms with Gasteiger partial charge in [-0.15, -0.1) is 0 Å². The normalized spacial score (nSPS) is 9.88. The number of hydrogen-bond donors (Lipinski definition) is 2. The Kier molecular flexibility index (Phi) is 6.05. The van der Waals surface area contributed by atoms with Gasteiger partial charge in [0.2, 0.25) is 5.75 Å². The number of nitrogens with zero attached hydrogens (tertiary/aromatic N) is 2. The van der Waals surface area contributed by atoms with Crippen molar-refractivity contribution in [2.24, 2.45) is 0 Å². The summed E-state index contributed by atoms with van der Waals surface area (Å²) in [4.78, 5) is 24.2. The fourth-order valence-electron chi connectivity index (χ4n) is 2.15. The molecule has 134 valence electrons. The lowest BCUT2D eigenvalue weighted by Crippen LogP contribution is -1.97. The van der Waals surface area contributed by atoms with Crippen molar-refractivity contribution in [2.75, 3.05) is 6.61 Å². The molecule has 8 heteroatoms. The lowest BCUT2D eigenvalue weighted by Gasteiger charge is -2.02. The van der Waals surface area contributed by atoms with Gasteiger partial charge in [0.05, 0.1) is 17.1 Å². The van der Waals surface area contributed by atoms with E-state index in [1.54, 1.807) is 30.3 Å². The highest BCUT2D eigenvalue weighted by Crippen LogP contribution is 2.32. The summed E-state index contributed by atoms with van der Waals surface area (Å²) in [6.45, 7) is 2.40. The van der Waals surface area contributed by atoms with Crippen molar-refractivity contribution in [3.63, 3.8) is 0 Å². The van der Waals surface area contributed by atoms with Gasteiger partial charge in [-0.05, 0) is 37.3 Å². The first kappa shape index (κ1) is 18.7. The number of phenols is 1. The maximum Gasteiger partial charge on any atom is 0.335 e. The van der Waals surface area contributed by atoms with E-state index in [2.05, 4.69) is 4.98 Å². The number of nitro groups is 1. The number of phenolic OH excluding ortho intramolecular Hbond substituents is 1. The number of hydrogen-bond acceptors (Lipinski definition) is 6. The lowest BCUT2D eigenvalue weighted by atomic mass is 10.2. The van der Waals surface area contributed by atoms with Gasteiger partial charge in [-0.3, -0.25) is 15.1 Å². The third kappa shape index (κ3) is 4.44. The highest BCUT2D eigenvalue weighted by atomic mass is 16.6. The van der Waals surface area contributed by atoms with E-state index < -0.39 is 10.9 Å². The molecule has 0 spiro atoms. The second-order valence-electron chi connectivity index (χ2n) is 5.03. The Morgan fingerprint density at radius 2 is 2.00 bits per heavy atom. The molecule has 1 heterocycles. The van der Waals surface area contributed by atoms with Crippen LogP contribution >= 0.6 is 0 Å². The first-order chi connectivity index (χ1) is 12.4. The van der Waals surface area contributed by atoms with Crippen molar-refractivity contribution in [1.82, 2.24) is 4.98 Å². The molecule has 0 bridgehead atoms. The van der Waals surface area contributed by atoms with Crippen LogP contribution in [0.4, 0.5) is 5.69 Å². The minimum Gasteiger partial charge on any atom is -0.501 e. The quantitative estimate of drug-likeness (QED) is 0.540. The number of ether oxygens (including phenoxy) is 1. The van der Waals surface area contributed by atoms with Gasteiger partial charge in [-0.25, -0.2) is 4.79 Å². The van der Waals surface area contributed by atoms with E-state index in [-0.39, 0.29) is 22.5 Å². The Balaban J connectivity index is 0.000000190. The summed E-state index contributed by atoms with van der Waals surface area (Å²) in [6.07, 6.45) is 1.48. The smallest absolute Gasteiger partial charge is 0.335 e. The van der Waals surface area contributed by atoms with E-state index in [1.165, 1.54) is 24.4 Å². The van der Waals surface area contributed by atoms with Crippen LogP contribution in [0.3, 0.4) is 0 Å². The molecule has 0 atom stereocenters. The molecule has 3 rings (SSSR count). The Labute approximate surface area is 148 Å². The van der Waals surface area contributed by atoms with Gasteiger partial charge in [-0.1, -0.05) is 12.1 Å². The van der Waals surface area contributed by atoms with Crippen LogP contribution in [0.1, 0.15) is 17.3 Å². The van der Waals surface area contributed by atoms with E-state index in [1.807, 2.05) is 6.92 Å². The van der Waals surface area contributed by atoms with Crippen LogP contribution in [-0.4, -0.2) is 32.7 Å². The topological polar surface area (TPSA) is 123 Å². The molecule has 0 saturated carbocycles. The Morgan fingerprint density at radius 3 is 2.65 bits per heavy atom. The number of benzene rings is 2. The number of carbonyl (C=O) groups is 1. The molecule has 0 saturated heterocycles. The van der Waals surface area contributed by atoms with Crippen LogP contribution in [0.15, 0.2) is 54.7 Å². The summed E-state index contributed by atoms with van der Waals surface area (Å²) in [6, 6.07) is 12.7. The number of carboxylic acids is 1. The zero-order valence-corrected chi connectivity index (χ0v) is 13.8. The van der Waals surface area contributed by atoms with Crippen molar-refractivity contribution >= 4 is 22.6 Å². The van der Waals surface area contributed by atoms with E-state index in [9.17, 15) is 20.0 Å². The summed E-state index contributed by atoms with van der Waals surface area (Å²) < 4.78 is 5.13. The largest absolute Gasteiger partial charge is 0.501 e. The highest BCUT2D eigenvalue weighted by molar-refractivity contribution is 5.88. The molecule has 26 heavy (non-hydrogen) atoms. The van der Waals surface area contributed by atoms with E-state index >= 15 is 0 Å². The molecular weight excluding hydrogens is 340 g/mol. The lowest BCUT2D eigenvalue weighted by molar-refractivity contribution is -0.385. The van der Waals surface area contributed by atoms with Crippen LogP contribution in [-0.2, 0) is 0 Å². The monoisotopic (exact) mass is 356 g/mol. The molecule has 2 aromatic carbocycles. The second kappa shape index (κ2) is 8.43. The van der Waals surface area contributed by atoms with Gasteiger partial charge < -0.3 is 14.9 Å². The zero-order chi connectivity index (χ0) is 19.1. The Bertz CT molecular complexity index is 942. The number of aromatic carboxylic acids is 1. The summed E-state index contributed by atoms with van der Waals surface area (Å²) in [5.74, 6) is -0.720. The van der Waals surface area contributed by atoms with Crippen molar-refractivity contribution in [3.8, 4) is 11.5 Å². The summed E-state index contributed by atoms with van der Waals surface area (Å²) >= 11 is 0. The van der Waals surface area contributed by atoms with Crippen LogP contribution in [0.2, 0.25) is 0 Å². The predicted octanol–water partition coefficient (Wildman–Crippen LogP) is 3.63. The fourth-order valence-corrected chi connectivity index (χ4v) is 2.15. The SMILES string of the molecule is CCOc1cccc(C(=O)O)c1.O=[N+]([O-])c1ccc2cccnc2c1O. The molecule has 8 nitrogen and oxygen atoms in total. The highest BCUT2D eigenvalue weighted by Gasteiger charge is 2.15. The van der Waals surface area contributed by atoms with Crippen LogP contribution in [0.5, 0.6) is 11.5 Å². The third-order valence-electron chi connectivity index (χ3n) is 3.32. The van der Waals surface area contributed by atoms with Crippen molar-refractivity contribution in [1.29, 1.82) is 0 Å². The standard InChI is InChI=1S/C9H6N2O3.C9H10O3/c12-9-7(11(13)14)4-3-6-2-1-5-10-8(6)9;1-2-12-8-5-3-4-7(6-8)9(10)11/h1-5,12H;3-6H,2H2,1H3,(H,10,11). The molecule has 0 aliphatic carbocycles. The number of aromatic nitrogens is 1. The third-order valence-corrected chi connectivity index (χ3v) is 3.32. The number of aromatic hydroxyl groups is 1. The van der Waals surface area contributed by atoms with Gasteiger partial charge in [-0.2, -0.15) is 0 Å². The van der Waals surface area contributed by atoms with Crippen molar-refractivity contribution < 1.29 is 24.7 Å². The summed E-state index contributed by atoms with van der Waals surface area (Å²) in [5, 5.41) is 29.3. The maximum atomic E-state index is 10.5. The van der Waals surface area contributed by atoms with Crippen molar-refractivity contribution in [2.45, 2.75) is 6.92 Å². The van der Waals surface area contributed by atoms with Crippen molar-refractivity contribution in [3.05, 3.63) is 70.4 Å². The van der Waals surface area contributed by atoms with E-state index in [4.69, 9.17) is 9.84 Å². The zero-order valence-electron chi connectivity index (χ0n) is 13.8. The van der Waals surface area contributed by atoms with Gasteiger partial charge in [0.25, 0.3) is 0 Å². The predicted molar refractivity (Wildman–Crippen MR) is 94.6 cm³/mol. The number of nitro benzene ring substituents is 1. The second-order valence-corrected chi connectivity index (χ2v) is 5.03. The molecule has 3 aromatic rings. The fraction of sp³-hybridized carbons (Fsp3) is 0.111. The molecule has 0 aliphatic rings. The van der Waals surface area contributed by atoms with Crippen LogP contribution in [0, 0.1) is 10.1 Å².